The van der Waals surface area contributed by atoms with Crippen molar-refractivity contribution >= 4 is 5.97 Å². The molecule has 0 aliphatic heterocycles. The fourth-order valence-electron chi connectivity index (χ4n) is 1.15. The predicted octanol–water partition coefficient (Wildman–Crippen LogP) is 2.58. The molecular weight excluding hydrogens is 176 g/mol. The van der Waals surface area contributed by atoms with E-state index in [1.807, 2.05) is 12.1 Å². The van der Waals surface area contributed by atoms with Crippen molar-refractivity contribution in [3.63, 3.8) is 0 Å². The lowest BCUT2D eigenvalue weighted by atomic mass is 9.99. The molecule has 14 heavy (non-hydrogen) atoms. The standard InChI is InChI=1S/C12H13O2/c1-4-9(2)10-6-5-7-11(8-10)12(13)14-3/h4-9H,1-2H2,3H3. The minimum atomic E-state index is -0.330. The summed E-state index contributed by atoms with van der Waals surface area (Å²) in [5, 5.41) is 0. The summed E-state index contributed by atoms with van der Waals surface area (Å²) in [5.41, 5.74) is 1.50. The number of benzene rings is 1. The minimum absolute atomic E-state index is 0.000365. The molecule has 0 saturated heterocycles. The summed E-state index contributed by atoms with van der Waals surface area (Å²) in [6.07, 6.45) is 1.73. The van der Waals surface area contributed by atoms with E-state index in [2.05, 4.69) is 18.2 Å². The number of esters is 1. The van der Waals surface area contributed by atoms with Crippen LogP contribution in [0.1, 0.15) is 21.8 Å². The second-order valence-corrected chi connectivity index (χ2v) is 2.96. The van der Waals surface area contributed by atoms with Gasteiger partial charge in [0.1, 0.15) is 0 Å². The van der Waals surface area contributed by atoms with Crippen molar-refractivity contribution in [2.24, 2.45) is 0 Å². The van der Waals surface area contributed by atoms with E-state index in [9.17, 15) is 4.79 Å². The maximum atomic E-state index is 11.2. The van der Waals surface area contributed by atoms with E-state index < -0.39 is 0 Å². The van der Waals surface area contributed by atoms with E-state index in [1.165, 1.54) is 7.11 Å². The third kappa shape index (κ3) is 2.22. The Hall–Kier alpha value is -1.57. The van der Waals surface area contributed by atoms with E-state index in [-0.39, 0.29) is 11.9 Å². The van der Waals surface area contributed by atoms with Crippen molar-refractivity contribution in [1.29, 1.82) is 0 Å². The average molecular weight is 189 g/mol. The van der Waals surface area contributed by atoms with Crippen LogP contribution in [0.3, 0.4) is 0 Å². The maximum absolute atomic E-state index is 11.2. The maximum Gasteiger partial charge on any atom is 0.337 e. The first kappa shape index (κ1) is 10.5. The quantitative estimate of drug-likeness (QED) is 0.539. The Morgan fingerprint density at radius 3 is 2.86 bits per heavy atom. The van der Waals surface area contributed by atoms with Crippen LogP contribution in [0.15, 0.2) is 36.9 Å². The molecule has 1 radical (unpaired) electrons. The largest absolute Gasteiger partial charge is 0.465 e. The lowest BCUT2D eigenvalue weighted by Crippen LogP contribution is -2.02. The van der Waals surface area contributed by atoms with Crippen molar-refractivity contribution in [3.05, 3.63) is 55.0 Å². The van der Waals surface area contributed by atoms with Crippen LogP contribution in [0.25, 0.3) is 0 Å². The zero-order chi connectivity index (χ0) is 10.6. The molecule has 0 saturated carbocycles. The normalized spacial score (nSPS) is 11.9. The Bertz CT molecular complexity index is 342. The summed E-state index contributed by atoms with van der Waals surface area (Å²) in [6.45, 7) is 7.54. The lowest BCUT2D eigenvalue weighted by Gasteiger charge is -2.07. The van der Waals surface area contributed by atoms with Crippen molar-refractivity contribution in [3.8, 4) is 0 Å². The number of carbonyl (C=O) groups excluding carboxylic acids is 1. The minimum Gasteiger partial charge on any atom is -0.465 e. The molecule has 1 unspecified atom stereocenters. The van der Waals surface area contributed by atoms with Gasteiger partial charge in [-0.3, -0.25) is 0 Å². The highest BCUT2D eigenvalue weighted by Gasteiger charge is 2.07. The van der Waals surface area contributed by atoms with Crippen molar-refractivity contribution in [2.75, 3.05) is 7.11 Å². The molecule has 2 heteroatoms. The highest BCUT2D eigenvalue weighted by atomic mass is 16.5. The predicted molar refractivity (Wildman–Crippen MR) is 56.1 cm³/mol. The lowest BCUT2D eigenvalue weighted by molar-refractivity contribution is 0.0600. The summed E-state index contributed by atoms with van der Waals surface area (Å²) in [6, 6.07) is 7.20. The zero-order valence-electron chi connectivity index (χ0n) is 8.19. The van der Waals surface area contributed by atoms with Crippen LogP contribution in [-0.4, -0.2) is 13.1 Å². The van der Waals surface area contributed by atoms with Crippen molar-refractivity contribution in [2.45, 2.75) is 5.92 Å². The highest BCUT2D eigenvalue weighted by molar-refractivity contribution is 5.89. The Kier molecular flexibility index (Phi) is 3.46. The number of methoxy groups -OCH3 is 1. The van der Waals surface area contributed by atoms with E-state index in [1.54, 1.807) is 18.2 Å². The first-order chi connectivity index (χ1) is 6.69. The first-order valence-corrected chi connectivity index (χ1v) is 4.33. The van der Waals surface area contributed by atoms with Gasteiger partial charge in [-0.2, -0.15) is 0 Å². The number of hydrogen-bond donors (Lipinski definition) is 0. The molecular formula is C12H13O2. The fraction of sp³-hybridized carbons (Fsp3) is 0.167. The van der Waals surface area contributed by atoms with Gasteiger partial charge in [0, 0.05) is 5.92 Å². The van der Waals surface area contributed by atoms with Gasteiger partial charge in [0.2, 0.25) is 0 Å². The molecule has 0 aromatic heterocycles. The summed E-state index contributed by atoms with van der Waals surface area (Å²) in [5.74, 6) is -0.331. The van der Waals surface area contributed by atoms with Gasteiger partial charge in [-0.25, -0.2) is 4.79 Å². The SMILES string of the molecule is [CH2]C(C=C)c1cccc(C(=O)OC)c1. The van der Waals surface area contributed by atoms with E-state index >= 15 is 0 Å². The van der Waals surface area contributed by atoms with Gasteiger partial charge in [0.05, 0.1) is 12.7 Å². The summed E-state index contributed by atoms with van der Waals surface area (Å²) >= 11 is 0. The third-order valence-corrected chi connectivity index (χ3v) is 2.02. The molecule has 0 amide bonds. The Labute approximate surface area is 84.2 Å². The number of carbonyl (C=O) groups is 1. The molecule has 0 bridgehead atoms. The van der Waals surface area contributed by atoms with Crippen molar-refractivity contribution in [1.82, 2.24) is 0 Å². The van der Waals surface area contributed by atoms with Crippen LogP contribution in [-0.2, 0) is 4.74 Å². The second kappa shape index (κ2) is 4.61. The van der Waals surface area contributed by atoms with Crippen LogP contribution < -0.4 is 0 Å². The van der Waals surface area contributed by atoms with E-state index in [0.717, 1.165) is 5.56 Å². The summed E-state index contributed by atoms with van der Waals surface area (Å²) in [4.78, 5) is 11.2. The van der Waals surface area contributed by atoms with Gasteiger partial charge in [-0.15, -0.1) is 6.58 Å². The molecule has 2 nitrogen and oxygen atoms in total. The molecule has 1 aromatic carbocycles. The fourth-order valence-corrected chi connectivity index (χ4v) is 1.15. The van der Waals surface area contributed by atoms with Crippen LogP contribution in [0.4, 0.5) is 0 Å². The summed E-state index contributed by atoms with van der Waals surface area (Å²) < 4.78 is 4.62. The van der Waals surface area contributed by atoms with Gasteiger partial charge in [-0.05, 0) is 24.6 Å². The number of rotatable bonds is 3. The Balaban J connectivity index is 3.00. The van der Waals surface area contributed by atoms with Gasteiger partial charge in [-0.1, -0.05) is 18.2 Å². The molecule has 1 atom stereocenters. The van der Waals surface area contributed by atoms with Crippen LogP contribution >= 0.6 is 0 Å². The van der Waals surface area contributed by atoms with Crippen LogP contribution in [0, 0.1) is 6.92 Å². The Morgan fingerprint density at radius 1 is 1.57 bits per heavy atom. The molecule has 0 spiro atoms. The molecule has 1 rings (SSSR count). The van der Waals surface area contributed by atoms with Gasteiger partial charge < -0.3 is 4.74 Å². The van der Waals surface area contributed by atoms with Gasteiger partial charge in [0.25, 0.3) is 0 Å². The topological polar surface area (TPSA) is 26.3 Å². The number of allylic oxidation sites excluding steroid dienone is 1. The number of ether oxygens (including phenoxy) is 1. The first-order valence-electron chi connectivity index (χ1n) is 4.33. The van der Waals surface area contributed by atoms with E-state index in [4.69, 9.17) is 0 Å². The van der Waals surface area contributed by atoms with Gasteiger partial charge >= 0.3 is 5.97 Å². The molecule has 1 aromatic rings. The molecule has 0 aliphatic rings. The molecule has 0 fully saturated rings. The summed E-state index contributed by atoms with van der Waals surface area (Å²) in [7, 11) is 1.37. The van der Waals surface area contributed by atoms with Crippen LogP contribution in [0.2, 0.25) is 0 Å². The molecule has 0 aliphatic carbocycles. The molecule has 0 N–H and O–H groups in total. The van der Waals surface area contributed by atoms with Crippen LogP contribution in [0.5, 0.6) is 0 Å². The monoisotopic (exact) mass is 189 g/mol. The second-order valence-electron chi connectivity index (χ2n) is 2.96. The third-order valence-electron chi connectivity index (χ3n) is 2.02. The smallest absolute Gasteiger partial charge is 0.337 e. The highest BCUT2D eigenvalue weighted by Crippen LogP contribution is 2.17. The number of hydrogen-bond acceptors (Lipinski definition) is 2. The molecule has 73 valence electrons. The average Bonchev–Trinajstić information content (AvgIpc) is 2.27. The molecule has 0 heterocycles. The van der Waals surface area contributed by atoms with Crippen molar-refractivity contribution < 1.29 is 9.53 Å². The Morgan fingerprint density at radius 2 is 2.29 bits per heavy atom. The van der Waals surface area contributed by atoms with E-state index in [0.29, 0.717) is 5.56 Å². The zero-order valence-corrected chi connectivity index (χ0v) is 8.19. The van der Waals surface area contributed by atoms with Gasteiger partial charge in [0.15, 0.2) is 0 Å².